The van der Waals surface area contributed by atoms with E-state index in [0.717, 1.165) is 21.4 Å². The number of nitrogen functional groups attached to an aromatic ring is 1. The Morgan fingerprint density at radius 1 is 1.08 bits per heavy atom. The van der Waals surface area contributed by atoms with Crippen LogP contribution in [0.5, 0.6) is 0 Å². The molecular formula is C10H9NS. The zero-order valence-electron chi connectivity index (χ0n) is 6.49. The van der Waals surface area contributed by atoms with Crippen molar-refractivity contribution in [3.8, 4) is 0 Å². The van der Waals surface area contributed by atoms with Gasteiger partial charge in [0, 0.05) is 10.6 Å². The highest BCUT2D eigenvalue weighted by atomic mass is 32.1. The lowest BCUT2D eigenvalue weighted by atomic mass is 10.1. The van der Waals surface area contributed by atoms with Gasteiger partial charge in [0.25, 0.3) is 0 Å². The van der Waals surface area contributed by atoms with Gasteiger partial charge in [-0.3, -0.25) is 0 Å². The molecule has 2 aromatic rings. The van der Waals surface area contributed by atoms with Crippen LogP contribution in [-0.4, -0.2) is 0 Å². The molecule has 0 radical (unpaired) electrons. The average molecular weight is 175 g/mol. The fourth-order valence-corrected chi connectivity index (χ4v) is 1.67. The van der Waals surface area contributed by atoms with Crippen molar-refractivity contribution in [1.29, 1.82) is 0 Å². The van der Waals surface area contributed by atoms with Crippen molar-refractivity contribution in [2.24, 2.45) is 0 Å². The number of rotatable bonds is 0. The summed E-state index contributed by atoms with van der Waals surface area (Å²) in [7, 11) is 0. The molecule has 0 spiro atoms. The van der Waals surface area contributed by atoms with Crippen LogP contribution in [0.25, 0.3) is 10.8 Å². The van der Waals surface area contributed by atoms with Crippen LogP contribution in [0.2, 0.25) is 0 Å². The largest absolute Gasteiger partial charge is 0.399 e. The third kappa shape index (κ3) is 1.14. The Balaban J connectivity index is 2.89. The predicted octanol–water partition coefficient (Wildman–Crippen LogP) is 2.71. The summed E-state index contributed by atoms with van der Waals surface area (Å²) in [6.07, 6.45) is 0. The molecule has 2 heteroatoms. The minimum atomic E-state index is 0.763. The smallest absolute Gasteiger partial charge is 0.0331 e. The van der Waals surface area contributed by atoms with Gasteiger partial charge in [-0.1, -0.05) is 24.3 Å². The topological polar surface area (TPSA) is 26.0 Å². The SMILES string of the molecule is Nc1cc(S)c2ccccc2c1. The van der Waals surface area contributed by atoms with E-state index in [0.29, 0.717) is 0 Å². The van der Waals surface area contributed by atoms with Gasteiger partial charge in [0.1, 0.15) is 0 Å². The van der Waals surface area contributed by atoms with Gasteiger partial charge in [-0.05, 0) is 22.9 Å². The predicted molar refractivity (Wildman–Crippen MR) is 55.6 cm³/mol. The van der Waals surface area contributed by atoms with E-state index in [9.17, 15) is 0 Å². The molecule has 0 aromatic heterocycles. The summed E-state index contributed by atoms with van der Waals surface area (Å²) >= 11 is 4.34. The van der Waals surface area contributed by atoms with E-state index in [1.54, 1.807) is 0 Å². The summed E-state index contributed by atoms with van der Waals surface area (Å²) in [5, 5.41) is 2.29. The molecule has 0 fully saturated rings. The van der Waals surface area contributed by atoms with Crippen molar-refractivity contribution in [2.45, 2.75) is 4.90 Å². The van der Waals surface area contributed by atoms with E-state index in [2.05, 4.69) is 12.6 Å². The first-order valence-electron chi connectivity index (χ1n) is 3.74. The van der Waals surface area contributed by atoms with Gasteiger partial charge in [0.15, 0.2) is 0 Å². The number of anilines is 1. The molecule has 2 rings (SSSR count). The molecule has 2 N–H and O–H groups in total. The van der Waals surface area contributed by atoms with Crippen LogP contribution in [0, 0.1) is 0 Å². The first-order chi connectivity index (χ1) is 5.77. The number of hydrogen-bond acceptors (Lipinski definition) is 2. The van der Waals surface area contributed by atoms with Crippen molar-refractivity contribution in [3.05, 3.63) is 36.4 Å². The van der Waals surface area contributed by atoms with Crippen LogP contribution in [0.4, 0.5) is 5.69 Å². The minimum absolute atomic E-state index is 0.763. The Bertz CT molecular complexity index is 423. The van der Waals surface area contributed by atoms with Crippen molar-refractivity contribution in [1.82, 2.24) is 0 Å². The highest BCUT2D eigenvalue weighted by Gasteiger charge is 1.97. The monoisotopic (exact) mass is 175 g/mol. The van der Waals surface area contributed by atoms with Gasteiger partial charge in [0.2, 0.25) is 0 Å². The molecule has 0 atom stereocenters. The van der Waals surface area contributed by atoms with Gasteiger partial charge in [0.05, 0.1) is 0 Å². The second kappa shape index (κ2) is 2.72. The van der Waals surface area contributed by atoms with Crippen LogP contribution in [0.3, 0.4) is 0 Å². The van der Waals surface area contributed by atoms with Crippen LogP contribution >= 0.6 is 12.6 Å². The van der Waals surface area contributed by atoms with Crippen molar-refractivity contribution in [3.63, 3.8) is 0 Å². The molecular weight excluding hydrogens is 166 g/mol. The molecule has 0 amide bonds. The maximum Gasteiger partial charge on any atom is 0.0331 e. The zero-order chi connectivity index (χ0) is 8.55. The molecule has 0 saturated carbocycles. The Kier molecular flexibility index (Phi) is 1.70. The summed E-state index contributed by atoms with van der Waals surface area (Å²) < 4.78 is 0. The standard InChI is InChI=1S/C10H9NS/c11-8-5-7-3-1-2-4-9(7)10(12)6-8/h1-6,12H,11H2. The minimum Gasteiger partial charge on any atom is -0.399 e. The Labute approximate surface area is 76.6 Å². The maximum atomic E-state index is 5.68. The fraction of sp³-hybridized carbons (Fsp3) is 0. The lowest BCUT2D eigenvalue weighted by molar-refractivity contribution is 1.55. The van der Waals surface area contributed by atoms with Crippen molar-refractivity contribution < 1.29 is 0 Å². The van der Waals surface area contributed by atoms with Gasteiger partial charge in [-0.2, -0.15) is 0 Å². The number of fused-ring (bicyclic) bond motifs is 1. The molecule has 0 unspecified atom stereocenters. The van der Waals surface area contributed by atoms with E-state index in [1.807, 2.05) is 36.4 Å². The second-order valence-corrected chi connectivity index (χ2v) is 3.24. The highest BCUT2D eigenvalue weighted by Crippen LogP contribution is 2.24. The quantitative estimate of drug-likeness (QED) is 0.467. The van der Waals surface area contributed by atoms with E-state index in [1.165, 1.54) is 0 Å². The molecule has 0 aliphatic carbocycles. The number of nitrogens with two attached hydrogens (primary N) is 1. The average Bonchev–Trinajstić information content (AvgIpc) is 2.04. The lowest BCUT2D eigenvalue weighted by Gasteiger charge is -2.01. The fourth-order valence-electron chi connectivity index (χ4n) is 1.31. The second-order valence-electron chi connectivity index (χ2n) is 2.76. The van der Waals surface area contributed by atoms with E-state index >= 15 is 0 Å². The van der Waals surface area contributed by atoms with Crippen LogP contribution in [0.1, 0.15) is 0 Å². The summed E-state index contributed by atoms with van der Waals surface area (Å²) in [5.41, 5.74) is 6.44. The van der Waals surface area contributed by atoms with Crippen molar-refractivity contribution >= 4 is 29.1 Å². The van der Waals surface area contributed by atoms with Gasteiger partial charge in [-0.25, -0.2) is 0 Å². The zero-order valence-corrected chi connectivity index (χ0v) is 7.38. The Hall–Kier alpha value is -1.15. The molecule has 12 heavy (non-hydrogen) atoms. The lowest BCUT2D eigenvalue weighted by Crippen LogP contribution is -1.84. The summed E-state index contributed by atoms with van der Waals surface area (Å²) in [6.45, 7) is 0. The van der Waals surface area contributed by atoms with Gasteiger partial charge in [-0.15, -0.1) is 12.6 Å². The van der Waals surface area contributed by atoms with E-state index in [4.69, 9.17) is 5.73 Å². The van der Waals surface area contributed by atoms with E-state index < -0.39 is 0 Å². The molecule has 0 saturated heterocycles. The highest BCUT2D eigenvalue weighted by molar-refractivity contribution is 7.80. The first-order valence-corrected chi connectivity index (χ1v) is 4.19. The number of hydrogen-bond donors (Lipinski definition) is 2. The molecule has 0 aliphatic heterocycles. The summed E-state index contributed by atoms with van der Waals surface area (Å²) in [6, 6.07) is 11.9. The van der Waals surface area contributed by atoms with Gasteiger partial charge >= 0.3 is 0 Å². The van der Waals surface area contributed by atoms with Crippen LogP contribution < -0.4 is 5.73 Å². The summed E-state index contributed by atoms with van der Waals surface area (Å²) in [5.74, 6) is 0. The normalized spacial score (nSPS) is 10.4. The third-order valence-corrected chi connectivity index (χ3v) is 2.23. The summed E-state index contributed by atoms with van der Waals surface area (Å²) in [4.78, 5) is 0.936. The molecule has 0 heterocycles. The molecule has 2 aromatic carbocycles. The molecule has 1 nitrogen and oxygen atoms in total. The van der Waals surface area contributed by atoms with Gasteiger partial charge < -0.3 is 5.73 Å². The first kappa shape index (κ1) is 7.50. The number of thiol groups is 1. The Morgan fingerprint density at radius 2 is 1.83 bits per heavy atom. The molecule has 0 bridgehead atoms. The number of benzene rings is 2. The molecule has 60 valence electrons. The Morgan fingerprint density at radius 3 is 2.67 bits per heavy atom. The molecule has 0 aliphatic rings. The van der Waals surface area contributed by atoms with Crippen molar-refractivity contribution in [2.75, 3.05) is 5.73 Å². The van der Waals surface area contributed by atoms with Crippen LogP contribution in [0.15, 0.2) is 41.3 Å². The van der Waals surface area contributed by atoms with E-state index in [-0.39, 0.29) is 0 Å². The third-order valence-electron chi connectivity index (χ3n) is 1.86. The van der Waals surface area contributed by atoms with Crippen LogP contribution in [-0.2, 0) is 0 Å². The maximum absolute atomic E-state index is 5.68.